The van der Waals surface area contributed by atoms with Crippen LogP contribution < -0.4 is 11.1 Å². The van der Waals surface area contributed by atoms with Crippen molar-refractivity contribution in [3.8, 4) is 11.1 Å². The van der Waals surface area contributed by atoms with Gasteiger partial charge in [-0.15, -0.1) is 0 Å². The topological polar surface area (TPSA) is 55.1 Å². The van der Waals surface area contributed by atoms with E-state index in [0.29, 0.717) is 0 Å². The second-order valence-corrected chi connectivity index (χ2v) is 6.87. The largest absolute Gasteiger partial charge is 0.349 e. The average Bonchev–Trinajstić information content (AvgIpc) is 2.53. The van der Waals surface area contributed by atoms with Crippen LogP contribution >= 0.6 is 0 Å². The van der Waals surface area contributed by atoms with Gasteiger partial charge in [-0.05, 0) is 36.5 Å². The highest BCUT2D eigenvalue weighted by molar-refractivity contribution is 6.01. The van der Waals surface area contributed by atoms with Crippen LogP contribution in [-0.2, 0) is 0 Å². The van der Waals surface area contributed by atoms with Gasteiger partial charge in [0.05, 0.1) is 0 Å². The molecule has 1 amide bonds. The maximum Gasteiger partial charge on any atom is 0.252 e. The molecule has 118 valence electrons. The summed E-state index contributed by atoms with van der Waals surface area (Å²) in [7, 11) is 0. The molecule has 0 aromatic heterocycles. The van der Waals surface area contributed by atoms with Gasteiger partial charge in [0.15, 0.2) is 0 Å². The summed E-state index contributed by atoms with van der Waals surface area (Å²) in [6, 6.07) is 18.4. The second-order valence-electron chi connectivity index (χ2n) is 6.87. The zero-order valence-corrected chi connectivity index (χ0v) is 13.2. The molecule has 0 heterocycles. The number of rotatable bonds is 3. The summed E-state index contributed by atoms with van der Waals surface area (Å²) >= 11 is 0. The number of carbonyl (C=O) groups is 1. The lowest BCUT2D eigenvalue weighted by Crippen LogP contribution is -2.69. The first kappa shape index (κ1) is 14.5. The number of nitrogens with two attached hydrogens (primary N) is 1. The van der Waals surface area contributed by atoms with Gasteiger partial charge in [-0.3, -0.25) is 4.79 Å². The third-order valence-electron chi connectivity index (χ3n) is 5.77. The van der Waals surface area contributed by atoms with Gasteiger partial charge >= 0.3 is 0 Å². The summed E-state index contributed by atoms with van der Waals surface area (Å²) in [4.78, 5) is 12.8. The van der Waals surface area contributed by atoms with Crippen LogP contribution in [0.1, 0.15) is 36.0 Å². The van der Waals surface area contributed by atoms with E-state index in [4.69, 9.17) is 5.73 Å². The average molecular weight is 306 g/mol. The van der Waals surface area contributed by atoms with E-state index in [2.05, 4.69) is 5.32 Å². The minimum Gasteiger partial charge on any atom is -0.349 e. The molecule has 3 nitrogen and oxygen atoms in total. The molecule has 2 atom stereocenters. The van der Waals surface area contributed by atoms with E-state index in [1.54, 1.807) is 0 Å². The molecule has 2 aliphatic carbocycles. The first-order valence-electron chi connectivity index (χ1n) is 8.42. The van der Waals surface area contributed by atoms with Crippen molar-refractivity contribution in [1.29, 1.82) is 0 Å². The molecule has 0 aliphatic heterocycles. The smallest absolute Gasteiger partial charge is 0.252 e. The lowest BCUT2D eigenvalue weighted by atomic mass is 9.50. The maximum atomic E-state index is 12.8. The lowest BCUT2D eigenvalue weighted by molar-refractivity contribution is -0.0389. The number of hydrogen-bond acceptors (Lipinski definition) is 2. The van der Waals surface area contributed by atoms with Gasteiger partial charge in [-0.2, -0.15) is 0 Å². The normalized spacial score (nSPS) is 24.6. The minimum atomic E-state index is 0.0210. The van der Waals surface area contributed by atoms with Crippen LogP contribution in [0.4, 0.5) is 0 Å². The maximum absolute atomic E-state index is 12.8. The third-order valence-corrected chi connectivity index (χ3v) is 5.77. The number of benzene rings is 2. The molecule has 2 aromatic rings. The van der Waals surface area contributed by atoms with Crippen LogP contribution in [-0.4, -0.2) is 18.0 Å². The highest BCUT2D eigenvalue weighted by atomic mass is 16.1. The molecule has 2 aliphatic rings. The highest BCUT2D eigenvalue weighted by Crippen LogP contribution is 2.55. The Morgan fingerprint density at radius 2 is 1.74 bits per heavy atom. The first-order chi connectivity index (χ1) is 11.2. The van der Waals surface area contributed by atoms with Crippen molar-refractivity contribution in [1.82, 2.24) is 5.32 Å². The van der Waals surface area contributed by atoms with E-state index in [9.17, 15) is 4.79 Å². The summed E-state index contributed by atoms with van der Waals surface area (Å²) in [5, 5.41) is 3.25. The molecule has 0 bridgehead atoms. The molecule has 2 aromatic carbocycles. The molecule has 0 radical (unpaired) electrons. The van der Waals surface area contributed by atoms with Crippen molar-refractivity contribution in [2.45, 2.75) is 37.8 Å². The van der Waals surface area contributed by atoms with E-state index in [1.807, 2.05) is 54.6 Å². The molecule has 2 saturated carbocycles. The van der Waals surface area contributed by atoms with Crippen LogP contribution in [0.3, 0.4) is 0 Å². The van der Waals surface area contributed by atoms with Crippen molar-refractivity contribution < 1.29 is 4.79 Å². The highest BCUT2D eigenvalue weighted by Gasteiger charge is 2.57. The van der Waals surface area contributed by atoms with E-state index in [1.165, 1.54) is 6.42 Å². The Kier molecular flexibility index (Phi) is 3.46. The summed E-state index contributed by atoms with van der Waals surface area (Å²) in [5.41, 5.74) is 9.17. The van der Waals surface area contributed by atoms with Gasteiger partial charge in [0.25, 0.3) is 5.91 Å². The minimum absolute atomic E-state index is 0.0210. The molecule has 2 fully saturated rings. The van der Waals surface area contributed by atoms with Crippen molar-refractivity contribution in [2.24, 2.45) is 11.1 Å². The van der Waals surface area contributed by atoms with Gasteiger partial charge in [0.2, 0.25) is 0 Å². The van der Waals surface area contributed by atoms with E-state index >= 15 is 0 Å². The van der Waals surface area contributed by atoms with E-state index in [-0.39, 0.29) is 23.4 Å². The molecule has 1 spiro atoms. The molecule has 3 N–H and O–H groups in total. The van der Waals surface area contributed by atoms with Crippen molar-refractivity contribution in [2.75, 3.05) is 0 Å². The summed E-state index contributed by atoms with van der Waals surface area (Å²) in [6.07, 6.45) is 4.44. The van der Waals surface area contributed by atoms with Gasteiger partial charge in [-0.1, -0.05) is 55.0 Å². The van der Waals surface area contributed by atoms with Gasteiger partial charge in [0, 0.05) is 23.1 Å². The Hall–Kier alpha value is -2.13. The van der Waals surface area contributed by atoms with Crippen molar-refractivity contribution in [3.63, 3.8) is 0 Å². The molecular formula is C20H22N2O. The Labute approximate surface area is 136 Å². The molecule has 2 unspecified atom stereocenters. The monoisotopic (exact) mass is 306 g/mol. The SMILES string of the molecule is NC1CC(NC(=O)c2ccccc2-c2ccccc2)C12CCC2. The first-order valence-corrected chi connectivity index (χ1v) is 8.42. The Morgan fingerprint density at radius 3 is 2.39 bits per heavy atom. The fourth-order valence-electron chi connectivity index (χ4n) is 4.11. The fourth-order valence-corrected chi connectivity index (χ4v) is 4.11. The predicted octanol–water partition coefficient (Wildman–Crippen LogP) is 3.35. The van der Waals surface area contributed by atoms with Crippen molar-refractivity contribution >= 4 is 5.91 Å². The fraction of sp³-hybridized carbons (Fsp3) is 0.350. The zero-order chi connectivity index (χ0) is 15.9. The molecule has 23 heavy (non-hydrogen) atoms. The summed E-state index contributed by atoms with van der Waals surface area (Å²) in [5.74, 6) is 0.0210. The third kappa shape index (κ3) is 2.27. The summed E-state index contributed by atoms with van der Waals surface area (Å²) < 4.78 is 0. The number of nitrogens with one attached hydrogen (secondary N) is 1. The van der Waals surface area contributed by atoms with Crippen LogP contribution in [0.25, 0.3) is 11.1 Å². The molecule has 4 rings (SSSR count). The van der Waals surface area contributed by atoms with E-state index in [0.717, 1.165) is 36.0 Å². The van der Waals surface area contributed by atoms with Crippen LogP contribution in [0.5, 0.6) is 0 Å². The van der Waals surface area contributed by atoms with Crippen LogP contribution in [0.15, 0.2) is 54.6 Å². The number of carbonyl (C=O) groups excluding carboxylic acids is 1. The Morgan fingerprint density at radius 1 is 1.04 bits per heavy atom. The predicted molar refractivity (Wildman–Crippen MR) is 92.0 cm³/mol. The van der Waals surface area contributed by atoms with Crippen LogP contribution in [0, 0.1) is 5.41 Å². The standard InChI is InChI=1S/C20H22N2O/c21-17-13-18(20(17)11-6-12-20)22-19(23)16-10-5-4-9-15(16)14-7-2-1-3-8-14/h1-5,7-10,17-18H,6,11-13,21H2,(H,22,23). The Balaban J connectivity index is 1.58. The lowest BCUT2D eigenvalue weighted by Gasteiger charge is -2.60. The molecule has 0 saturated heterocycles. The molecule has 3 heteroatoms. The summed E-state index contributed by atoms with van der Waals surface area (Å²) in [6.45, 7) is 0. The second kappa shape index (κ2) is 5.50. The van der Waals surface area contributed by atoms with Crippen LogP contribution in [0.2, 0.25) is 0 Å². The quantitative estimate of drug-likeness (QED) is 0.913. The van der Waals surface area contributed by atoms with Gasteiger partial charge < -0.3 is 11.1 Å². The number of amides is 1. The van der Waals surface area contributed by atoms with E-state index < -0.39 is 0 Å². The van der Waals surface area contributed by atoms with Gasteiger partial charge in [0.1, 0.15) is 0 Å². The van der Waals surface area contributed by atoms with Gasteiger partial charge in [-0.25, -0.2) is 0 Å². The molecular weight excluding hydrogens is 284 g/mol. The number of hydrogen-bond donors (Lipinski definition) is 2. The Bertz CT molecular complexity index is 721. The zero-order valence-electron chi connectivity index (χ0n) is 13.2. The van der Waals surface area contributed by atoms with Crippen molar-refractivity contribution in [3.05, 3.63) is 60.2 Å².